The van der Waals surface area contributed by atoms with E-state index in [0.717, 1.165) is 30.1 Å². The highest BCUT2D eigenvalue weighted by Gasteiger charge is 2.30. The fraction of sp³-hybridized carbons (Fsp3) is 0.389. The van der Waals surface area contributed by atoms with Crippen molar-refractivity contribution >= 4 is 17.2 Å². The van der Waals surface area contributed by atoms with Crippen molar-refractivity contribution < 1.29 is 18.3 Å². The predicted molar refractivity (Wildman–Crippen MR) is 92.7 cm³/mol. The molecule has 1 fully saturated rings. The molecule has 0 spiro atoms. The monoisotopic (exact) mass is 366 g/mol. The van der Waals surface area contributed by atoms with E-state index in [9.17, 15) is 13.6 Å². The summed E-state index contributed by atoms with van der Waals surface area (Å²) in [6, 6.07) is 7.00. The Bertz CT molecular complexity index is 698. The number of carbonyl (C=O) groups excluding carboxylic acids is 1. The molecule has 1 aliphatic rings. The maximum absolute atomic E-state index is 13.9. The van der Waals surface area contributed by atoms with Crippen molar-refractivity contribution in [2.24, 2.45) is 0 Å². The molecule has 0 bridgehead atoms. The van der Waals surface area contributed by atoms with Gasteiger partial charge in [0.2, 0.25) is 0 Å². The number of benzene rings is 1. The minimum atomic E-state index is -0.858. The Hall–Kier alpha value is -1.83. The van der Waals surface area contributed by atoms with Crippen LogP contribution in [0.15, 0.2) is 35.7 Å². The zero-order chi connectivity index (χ0) is 17.8. The van der Waals surface area contributed by atoms with Crippen LogP contribution in [0.5, 0.6) is 0 Å². The maximum atomic E-state index is 13.9. The van der Waals surface area contributed by atoms with Crippen molar-refractivity contribution in [3.63, 3.8) is 0 Å². The Morgan fingerprint density at radius 3 is 2.48 bits per heavy atom. The van der Waals surface area contributed by atoms with Gasteiger partial charge in [0.15, 0.2) is 0 Å². The molecule has 2 aromatic rings. The molecule has 7 heteroatoms. The maximum Gasteiger partial charge on any atom is 0.257 e. The Labute approximate surface area is 149 Å². The fourth-order valence-corrected chi connectivity index (χ4v) is 4.09. The average Bonchev–Trinajstić information content (AvgIpc) is 3.10. The van der Waals surface area contributed by atoms with E-state index in [1.54, 1.807) is 11.3 Å². The number of hydrogen-bond donors (Lipinski definition) is 1. The number of halogens is 2. The highest BCUT2D eigenvalue weighted by molar-refractivity contribution is 7.10. The van der Waals surface area contributed by atoms with Crippen LogP contribution in [-0.2, 0) is 4.74 Å². The first kappa shape index (κ1) is 18.0. The van der Waals surface area contributed by atoms with Crippen molar-refractivity contribution in [1.82, 2.24) is 10.2 Å². The molecule has 2 atom stereocenters. The first-order valence-corrected chi connectivity index (χ1v) is 9.06. The van der Waals surface area contributed by atoms with Gasteiger partial charge in [-0.25, -0.2) is 8.78 Å². The molecule has 1 amide bonds. The SMILES string of the molecule is C[C@@H](NC(=O)c1c(F)cccc1F)[C@@H](c1cccs1)N1CCOCC1. The second-order valence-electron chi connectivity index (χ2n) is 5.97. The van der Waals surface area contributed by atoms with E-state index in [1.165, 1.54) is 6.07 Å². The third kappa shape index (κ3) is 4.05. The number of nitrogens with zero attached hydrogens (tertiary/aromatic N) is 1. The number of thiophene rings is 1. The number of ether oxygens (including phenoxy) is 1. The minimum absolute atomic E-state index is 0.0670. The van der Waals surface area contributed by atoms with Crippen LogP contribution in [0.2, 0.25) is 0 Å². The third-order valence-corrected chi connectivity index (χ3v) is 5.24. The van der Waals surface area contributed by atoms with Crippen LogP contribution in [0, 0.1) is 11.6 Å². The minimum Gasteiger partial charge on any atom is -0.379 e. The average molecular weight is 366 g/mol. The van der Waals surface area contributed by atoms with Gasteiger partial charge in [-0.05, 0) is 30.5 Å². The van der Waals surface area contributed by atoms with Crippen LogP contribution < -0.4 is 5.32 Å². The molecule has 2 heterocycles. The number of nitrogens with one attached hydrogen (secondary N) is 1. The topological polar surface area (TPSA) is 41.6 Å². The molecular formula is C18H20F2N2O2S. The predicted octanol–water partition coefficient (Wildman–Crippen LogP) is 3.22. The van der Waals surface area contributed by atoms with Gasteiger partial charge in [-0.2, -0.15) is 0 Å². The fourth-order valence-electron chi connectivity index (χ4n) is 3.13. The van der Waals surface area contributed by atoms with Crippen LogP contribution in [0.3, 0.4) is 0 Å². The van der Waals surface area contributed by atoms with E-state index in [2.05, 4.69) is 10.2 Å². The molecule has 1 aromatic carbocycles. The highest BCUT2D eigenvalue weighted by atomic mass is 32.1. The van der Waals surface area contributed by atoms with Crippen LogP contribution >= 0.6 is 11.3 Å². The van der Waals surface area contributed by atoms with E-state index in [0.29, 0.717) is 13.2 Å². The van der Waals surface area contributed by atoms with Gasteiger partial charge in [-0.15, -0.1) is 11.3 Å². The van der Waals surface area contributed by atoms with Gasteiger partial charge < -0.3 is 10.1 Å². The van der Waals surface area contributed by atoms with Gasteiger partial charge >= 0.3 is 0 Å². The summed E-state index contributed by atoms with van der Waals surface area (Å²) in [4.78, 5) is 15.8. The number of morpholine rings is 1. The van der Waals surface area contributed by atoms with Gasteiger partial charge in [-0.3, -0.25) is 9.69 Å². The molecule has 0 aliphatic carbocycles. The lowest BCUT2D eigenvalue weighted by molar-refractivity contribution is 0.00967. The largest absolute Gasteiger partial charge is 0.379 e. The van der Waals surface area contributed by atoms with Crippen LogP contribution in [0.1, 0.15) is 28.2 Å². The van der Waals surface area contributed by atoms with Gasteiger partial charge in [0.25, 0.3) is 5.91 Å². The van der Waals surface area contributed by atoms with Crippen molar-refractivity contribution in [2.75, 3.05) is 26.3 Å². The summed E-state index contributed by atoms with van der Waals surface area (Å²) in [6.07, 6.45) is 0. The standard InChI is InChI=1S/C18H20F2N2O2S/c1-12(21-18(23)16-13(19)4-2-5-14(16)20)17(15-6-3-11-25-15)22-7-9-24-10-8-22/h2-6,11-12,17H,7-10H2,1H3,(H,21,23)/t12-,17+/m1/s1. The van der Waals surface area contributed by atoms with E-state index >= 15 is 0 Å². The Kier molecular flexibility index (Phi) is 5.78. The normalized spacial score (nSPS) is 17.9. The zero-order valence-corrected chi connectivity index (χ0v) is 14.7. The van der Waals surface area contributed by atoms with Gasteiger partial charge in [0.05, 0.1) is 19.3 Å². The first-order valence-electron chi connectivity index (χ1n) is 8.18. The Morgan fingerprint density at radius 1 is 1.20 bits per heavy atom. The summed E-state index contributed by atoms with van der Waals surface area (Å²) >= 11 is 1.60. The summed E-state index contributed by atoms with van der Waals surface area (Å²) in [7, 11) is 0. The summed E-state index contributed by atoms with van der Waals surface area (Å²) in [5.41, 5.74) is -0.541. The molecule has 1 aliphatic heterocycles. The van der Waals surface area contributed by atoms with E-state index < -0.39 is 23.1 Å². The number of rotatable bonds is 5. The summed E-state index contributed by atoms with van der Waals surface area (Å²) in [6.45, 7) is 4.61. The molecule has 4 nitrogen and oxygen atoms in total. The van der Waals surface area contributed by atoms with Crippen LogP contribution in [0.4, 0.5) is 8.78 Å². The molecule has 1 saturated heterocycles. The van der Waals surface area contributed by atoms with Gasteiger partial charge in [-0.1, -0.05) is 12.1 Å². The summed E-state index contributed by atoms with van der Waals surface area (Å²) < 4.78 is 33.1. The lowest BCUT2D eigenvalue weighted by Gasteiger charge is -2.37. The van der Waals surface area contributed by atoms with Crippen molar-refractivity contribution in [2.45, 2.75) is 19.0 Å². The molecule has 134 valence electrons. The molecule has 1 aromatic heterocycles. The third-order valence-electron chi connectivity index (χ3n) is 4.30. The zero-order valence-electron chi connectivity index (χ0n) is 13.9. The first-order chi connectivity index (χ1) is 12.1. The van der Waals surface area contributed by atoms with Crippen LogP contribution in [-0.4, -0.2) is 43.2 Å². The van der Waals surface area contributed by atoms with Crippen molar-refractivity contribution in [1.29, 1.82) is 0 Å². The Morgan fingerprint density at radius 2 is 1.88 bits per heavy atom. The van der Waals surface area contributed by atoms with E-state index in [-0.39, 0.29) is 12.1 Å². The number of carbonyl (C=O) groups is 1. The molecule has 3 rings (SSSR count). The lowest BCUT2D eigenvalue weighted by atomic mass is 10.0. The second kappa shape index (κ2) is 8.03. The summed E-state index contributed by atoms with van der Waals surface area (Å²) in [5.74, 6) is -2.45. The molecule has 0 saturated carbocycles. The van der Waals surface area contributed by atoms with Gasteiger partial charge in [0.1, 0.15) is 17.2 Å². The lowest BCUT2D eigenvalue weighted by Crippen LogP contribution is -2.48. The highest BCUT2D eigenvalue weighted by Crippen LogP contribution is 2.29. The van der Waals surface area contributed by atoms with E-state index in [4.69, 9.17) is 4.74 Å². The van der Waals surface area contributed by atoms with Crippen molar-refractivity contribution in [3.8, 4) is 0 Å². The number of hydrogen-bond acceptors (Lipinski definition) is 4. The Balaban J connectivity index is 1.80. The van der Waals surface area contributed by atoms with E-state index in [1.807, 2.05) is 24.4 Å². The molecule has 0 radical (unpaired) electrons. The second-order valence-corrected chi connectivity index (χ2v) is 6.95. The number of amides is 1. The smallest absolute Gasteiger partial charge is 0.257 e. The quantitative estimate of drug-likeness (QED) is 0.883. The summed E-state index contributed by atoms with van der Waals surface area (Å²) in [5, 5.41) is 4.75. The van der Waals surface area contributed by atoms with Crippen molar-refractivity contribution in [3.05, 3.63) is 57.8 Å². The van der Waals surface area contributed by atoms with Crippen LogP contribution in [0.25, 0.3) is 0 Å². The van der Waals surface area contributed by atoms with Gasteiger partial charge in [0, 0.05) is 24.0 Å². The molecular weight excluding hydrogens is 346 g/mol. The molecule has 0 unspecified atom stereocenters. The molecule has 1 N–H and O–H groups in total. The molecule has 25 heavy (non-hydrogen) atoms.